The van der Waals surface area contributed by atoms with Gasteiger partial charge in [0.05, 0.1) is 21.0 Å². The molecular formula is C43H41BN2Si. The van der Waals surface area contributed by atoms with Crippen LogP contribution >= 0.6 is 0 Å². The molecule has 7 aromatic rings. The zero-order valence-electron chi connectivity index (χ0n) is 27.2. The molecule has 0 N–H and O–H groups in total. The second kappa shape index (κ2) is 15.4. The molecule has 0 aliphatic rings. The molecule has 0 radical (unpaired) electrons. The smallest absolute Gasteiger partial charge is 0.241 e. The summed E-state index contributed by atoms with van der Waals surface area (Å²) in [6, 6.07) is 63.0. The molecule has 0 fully saturated rings. The number of hydrogen-bond donors (Lipinski definition) is 0. The highest BCUT2D eigenvalue weighted by molar-refractivity contribution is 6.95. The van der Waals surface area contributed by atoms with Gasteiger partial charge in [0.2, 0.25) is 6.71 Å². The van der Waals surface area contributed by atoms with Gasteiger partial charge in [-0.15, -0.1) is 0 Å². The van der Waals surface area contributed by atoms with Crippen LogP contribution in [0.15, 0.2) is 195 Å². The minimum atomic E-state index is -0.787. The van der Waals surface area contributed by atoms with Gasteiger partial charge in [0.1, 0.15) is 0 Å². The molecule has 1 heterocycles. The molecular weight excluding hydrogens is 583 g/mol. The summed E-state index contributed by atoms with van der Waals surface area (Å²) in [5, 5.41) is 1.24. The molecule has 1 aromatic heterocycles. The van der Waals surface area contributed by atoms with Crippen molar-refractivity contribution in [2.75, 3.05) is 0 Å². The molecule has 0 atom stereocenters. The predicted octanol–water partition coefficient (Wildman–Crippen LogP) is 6.45. The number of aromatic nitrogens is 2. The number of benzene rings is 6. The van der Waals surface area contributed by atoms with Crippen molar-refractivity contribution < 1.29 is 0 Å². The first-order valence-electron chi connectivity index (χ1n) is 16.5. The molecule has 0 saturated carbocycles. The van der Waals surface area contributed by atoms with Crippen molar-refractivity contribution in [2.24, 2.45) is 0 Å². The Hall–Kier alpha value is -5.19. The van der Waals surface area contributed by atoms with Crippen molar-refractivity contribution in [3.8, 4) is 0 Å². The lowest BCUT2D eigenvalue weighted by atomic mass is 9.37. The Balaban J connectivity index is 0.000000177. The van der Waals surface area contributed by atoms with Gasteiger partial charge in [0, 0.05) is 12.4 Å². The second-order valence-corrected chi connectivity index (χ2v) is 14.5. The minimum absolute atomic E-state index is 0.210. The van der Waals surface area contributed by atoms with Gasteiger partial charge in [0.15, 0.2) is 0 Å². The third-order valence-electron chi connectivity index (χ3n) is 8.95. The van der Waals surface area contributed by atoms with E-state index in [1.54, 1.807) is 0 Å². The largest absolute Gasteiger partial charge is 0.326 e. The van der Waals surface area contributed by atoms with Crippen LogP contribution < -0.4 is 21.6 Å². The first kappa shape index (κ1) is 31.8. The third-order valence-corrected chi connectivity index (χ3v) is 11.5. The molecule has 4 heteroatoms. The summed E-state index contributed by atoms with van der Waals surface area (Å²) in [4.78, 5) is 4.40. The van der Waals surface area contributed by atoms with E-state index < -0.39 is 9.52 Å². The zero-order valence-corrected chi connectivity index (χ0v) is 28.6. The summed E-state index contributed by atoms with van der Waals surface area (Å²) < 4.78 is 2.31. The molecule has 0 unspecified atom stereocenters. The van der Waals surface area contributed by atoms with Crippen molar-refractivity contribution in [3.63, 3.8) is 0 Å². The Morgan fingerprint density at radius 3 is 1.30 bits per heavy atom. The molecule has 0 spiro atoms. The molecule has 0 aliphatic heterocycles. The Morgan fingerprint density at radius 2 is 0.936 bits per heavy atom. The monoisotopic (exact) mass is 624 g/mol. The minimum Gasteiger partial charge on any atom is -0.326 e. The van der Waals surface area contributed by atoms with E-state index in [-0.39, 0.29) is 5.16 Å². The molecule has 2 nitrogen and oxygen atoms in total. The number of rotatable bonds is 9. The van der Waals surface area contributed by atoms with E-state index in [1.807, 2.05) is 12.5 Å². The number of imidazole rings is 1. The Kier molecular flexibility index (Phi) is 10.4. The molecule has 0 saturated heterocycles. The number of hydrogen-bond acceptors (Lipinski definition) is 1. The van der Waals surface area contributed by atoms with Crippen LogP contribution in [-0.4, -0.2) is 25.8 Å². The third kappa shape index (κ3) is 7.45. The van der Waals surface area contributed by atoms with Crippen molar-refractivity contribution in [1.82, 2.24) is 9.55 Å². The lowest BCUT2D eigenvalue weighted by Gasteiger charge is -2.37. The van der Waals surface area contributed by atoms with Gasteiger partial charge in [-0.3, -0.25) is 0 Å². The highest BCUT2D eigenvalue weighted by atomic mass is 28.2. The predicted molar refractivity (Wildman–Crippen MR) is 204 cm³/mol. The normalized spacial score (nSPS) is 11.3. The molecule has 0 bridgehead atoms. The van der Waals surface area contributed by atoms with Crippen molar-refractivity contribution in [1.29, 1.82) is 0 Å². The molecule has 7 rings (SSSR count). The van der Waals surface area contributed by atoms with Crippen LogP contribution in [0.25, 0.3) is 0 Å². The molecule has 230 valence electrons. The van der Waals surface area contributed by atoms with Crippen LogP contribution in [0.3, 0.4) is 0 Å². The average Bonchev–Trinajstić information content (AvgIpc) is 3.69. The van der Waals surface area contributed by atoms with Gasteiger partial charge in [-0.25, -0.2) is 4.98 Å². The molecule has 0 amide bonds. The fraction of sp³-hybridized carbons (Fsp3) is 0.0930. The van der Waals surface area contributed by atoms with E-state index in [2.05, 4.69) is 206 Å². The summed E-state index contributed by atoms with van der Waals surface area (Å²) >= 11 is 0. The first-order chi connectivity index (χ1) is 23.1. The summed E-state index contributed by atoms with van der Waals surface area (Å²) in [6.45, 7) is 4.80. The van der Waals surface area contributed by atoms with Crippen molar-refractivity contribution in [2.45, 2.75) is 24.9 Å². The maximum absolute atomic E-state index is 4.40. The maximum Gasteiger partial charge on any atom is 0.241 e. The highest BCUT2D eigenvalue weighted by Crippen LogP contribution is 2.33. The van der Waals surface area contributed by atoms with E-state index in [0.717, 1.165) is 0 Å². The van der Waals surface area contributed by atoms with Crippen LogP contribution in [-0.2, 0) is 5.16 Å². The van der Waals surface area contributed by atoms with Crippen LogP contribution in [0.5, 0.6) is 0 Å². The van der Waals surface area contributed by atoms with Crippen LogP contribution in [0.2, 0.25) is 0 Å². The SMILES string of the molecule is CC(C)c1ccc([SiH2]C(c2ccccc2)(c2ccccc2)n2ccnc2)cc1.c1ccc(B(c2ccccc2)c2ccccc2)cc1. The number of nitrogens with zero attached hydrogens (tertiary/aromatic N) is 2. The van der Waals surface area contributed by atoms with Crippen molar-refractivity contribution >= 4 is 37.8 Å². The lowest BCUT2D eigenvalue weighted by Crippen LogP contribution is -2.51. The summed E-state index contributed by atoms with van der Waals surface area (Å²) in [6.07, 6.45) is 5.96. The Morgan fingerprint density at radius 1 is 0.532 bits per heavy atom. The second-order valence-electron chi connectivity index (χ2n) is 12.3. The van der Waals surface area contributed by atoms with E-state index in [9.17, 15) is 0 Å². The highest BCUT2D eigenvalue weighted by Gasteiger charge is 2.36. The molecule has 47 heavy (non-hydrogen) atoms. The van der Waals surface area contributed by atoms with Gasteiger partial charge in [-0.1, -0.05) is 211 Å². The lowest BCUT2D eigenvalue weighted by molar-refractivity contribution is 0.596. The van der Waals surface area contributed by atoms with Crippen LogP contribution in [0.4, 0.5) is 0 Å². The van der Waals surface area contributed by atoms with E-state index in [4.69, 9.17) is 0 Å². The standard InChI is InChI=1S/C25H26N2Si.C18H15B/c1-20(2)21-13-15-24(16-14-21)28-25(27-18-17-26-19-27,22-9-5-3-6-10-22)23-11-7-4-8-12-23;1-4-10-16(11-5-1)19(17-12-6-2-7-13-17)18-14-8-3-9-15-18/h3-20H,28H2,1-2H3;1-15H. The molecule has 6 aromatic carbocycles. The van der Waals surface area contributed by atoms with E-state index >= 15 is 0 Å². The zero-order chi connectivity index (χ0) is 32.3. The fourth-order valence-corrected chi connectivity index (χ4v) is 8.81. The summed E-state index contributed by atoms with van der Waals surface area (Å²) in [5.74, 6) is 0.553. The van der Waals surface area contributed by atoms with E-state index in [0.29, 0.717) is 12.6 Å². The summed E-state index contributed by atoms with van der Waals surface area (Å²) in [7, 11) is -0.787. The van der Waals surface area contributed by atoms with Crippen molar-refractivity contribution in [3.05, 3.63) is 211 Å². The van der Waals surface area contributed by atoms with Gasteiger partial charge in [-0.05, 0) is 22.6 Å². The quantitative estimate of drug-likeness (QED) is 0.169. The maximum atomic E-state index is 4.40. The van der Waals surface area contributed by atoms with Crippen LogP contribution in [0.1, 0.15) is 36.5 Å². The van der Waals surface area contributed by atoms with Gasteiger partial charge < -0.3 is 4.57 Å². The topological polar surface area (TPSA) is 17.8 Å². The van der Waals surface area contributed by atoms with Gasteiger partial charge >= 0.3 is 0 Å². The first-order valence-corrected chi connectivity index (χ1v) is 17.9. The van der Waals surface area contributed by atoms with E-state index in [1.165, 1.54) is 38.3 Å². The Bertz CT molecular complexity index is 1760. The fourth-order valence-electron chi connectivity index (χ4n) is 6.50. The Labute approximate surface area is 282 Å². The summed E-state index contributed by atoms with van der Waals surface area (Å²) in [5.41, 5.74) is 8.03. The molecule has 0 aliphatic carbocycles. The van der Waals surface area contributed by atoms with Gasteiger partial charge in [-0.2, -0.15) is 0 Å². The average molecular weight is 625 g/mol. The van der Waals surface area contributed by atoms with Crippen LogP contribution in [0, 0.1) is 0 Å². The van der Waals surface area contributed by atoms with Gasteiger partial charge in [0.25, 0.3) is 0 Å².